The van der Waals surface area contributed by atoms with Crippen LogP contribution in [0.25, 0.3) is 0 Å². The van der Waals surface area contributed by atoms with Crippen LogP contribution in [0.5, 0.6) is 5.75 Å². The van der Waals surface area contributed by atoms with Gasteiger partial charge < -0.3 is 14.8 Å². The van der Waals surface area contributed by atoms with E-state index in [0.717, 1.165) is 12.0 Å². The molecule has 1 atom stereocenters. The number of nitrogens with one attached hydrogen (secondary N) is 1. The molecule has 1 amide bonds. The number of carbonyl (C=O) groups is 2. The summed E-state index contributed by atoms with van der Waals surface area (Å²) in [5.41, 5.74) is 2.55. The van der Waals surface area contributed by atoms with E-state index >= 15 is 0 Å². The minimum absolute atomic E-state index is 0.352. The second-order valence-corrected chi connectivity index (χ2v) is 6.85. The molecule has 0 heterocycles. The molecule has 1 unspecified atom stereocenters. The second kappa shape index (κ2) is 10.8. The quantitative estimate of drug-likeness (QED) is 0.552. The van der Waals surface area contributed by atoms with E-state index in [9.17, 15) is 9.59 Å². The van der Waals surface area contributed by atoms with Crippen LogP contribution in [-0.4, -0.2) is 31.6 Å². The molecular weight excluding hydrogens is 378 g/mol. The first-order valence-electron chi connectivity index (χ1n) is 9.85. The average Bonchev–Trinajstić information content (AvgIpc) is 2.79. The van der Waals surface area contributed by atoms with Gasteiger partial charge in [-0.05, 0) is 29.3 Å². The lowest BCUT2D eigenvalue weighted by molar-refractivity contribution is -0.142. The highest BCUT2D eigenvalue weighted by atomic mass is 16.5. The van der Waals surface area contributed by atoms with E-state index in [-0.39, 0.29) is 5.91 Å². The zero-order chi connectivity index (χ0) is 21.2. The largest absolute Gasteiger partial charge is 0.493 e. The van der Waals surface area contributed by atoms with Gasteiger partial charge in [0.1, 0.15) is 11.8 Å². The summed E-state index contributed by atoms with van der Waals surface area (Å²) in [6, 6.07) is 25.7. The molecule has 0 saturated heterocycles. The van der Waals surface area contributed by atoms with Gasteiger partial charge in [-0.2, -0.15) is 0 Å². The molecule has 0 fully saturated rings. The summed E-state index contributed by atoms with van der Waals surface area (Å²) in [5, 5.41) is 2.77. The van der Waals surface area contributed by atoms with Crippen LogP contribution in [0, 0.1) is 0 Å². The Labute approximate surface area is 176 Å². The molecule has 5 heteroatoms. The maximum atomic E-state index is 12.7. The molecule has 0 aliphatic heterocycles. The molecule has 0 bridgehead atoms. The van der Waals surface area contributed by atoms with Crippen molar-refractivity contribution in [2.75, 3.05) is 13.7 Å². The van der Waals surface area contributed by atoms with Gasteiger partial charge in [0, 0.05) is 18.4 Å². The van der Waals surface area contributed by atoms with Gasteiger partial charge in [-0.3, -0.25) is 4.79 Å². The van der Waals surface area contributed by atoms with Crippen LogP contribution >= 0.6 is 0 Å². The Morgan fingerprint density at radius 2 is 1.53 bits per heavy atom. The second-order valence-electron chi connectivity index (χ2n) is 6.85. The van der Waals surface area contributed by atoms with Crippen LogP contribution in [0.2, 0.25) is 0 Å². The molecule has 0 radical (unpaired) electrons. The van der Waals surface area contributed by atoms with Crippen molar-refractivity contribution in [3.63, 3.8) is 0 Å². The lowest BCUT2D eigenvalue weighted by Gasteiger charge is -2.17. The molecule has 3 aromatic rings. The Hall–Kier alpha value is -3.60. The maximum absolute atomic E-state index is 12.7. The van der Waals surface area contributed by atoms with Crippen molar-refractivity contribution in [3.8, 4) is 5.75 Å². The summed E-state index contributed by atoms with van der Waals surface area (Å²) in [6.07, 6.45) is 1.13. The number of benzene rings is 3. The number of carbonyl (C=O) groups excluding carboxylic acids is 2. The third-order valence-corrected chi connectivity index (χ3v) is 4.67. The summed E-state index contributed by atoms with van der Waals surface area (Å²) >= 11 is 0. The van der Waals surface area contributed by atoms with E-state index in [1.807, 2.05) is 66.7 Å². The highest BCUT2D eigenvalue weighted by Gasteiger charge is 2.22. The molecule has 3 aromatic carbocycles. The number of methoxy groups -OCH3 is 1. The first kappa shape index (κ1) is 21.1. The van der Waals surface area contributed by atoms with E-state index in [0.29, 0.717) is 24.3 Å². The molecule has 1 N–H and O–H groups in total. The van der Waals surface area contributed by atoms with Crippen LogP contribution in [0.4, 0.5) is 0 Å². The zero-order valence-corrected chi connectivity index (χ0v) is 16.9. The molecular formula is C25H25NO4. The summed E-state index contributed by atoms with van der Waals surface area (Å²) in [5.74, 6) is -0.228. The van der Waals surface area contributed by atoms with Crippen LogP contribution in [0.1, 0.15) is 21.5 Å². The highest BCUT2D eigenvalue weighted by Crippen LogP contribution is 2.15. The van der Waals surface area contributed by atoms with Crippen molar-refractivity contribution >= 4 is 11.9 Å². The predicted octanol–water partition coefficient (Wildman–Crippen LogP) is 3.82. The Morgan fingerprint density at radius 3 is 2.20 bits per heavy atom. The van der Waals surface area contributed by atoms with E-state index in [2.05, 4.69) is 5.32 Å². The molecule has 0 aliphatic rings. The van der Waals surface area contributed by atoms with Crippen LogP contribution in [0.15, 0.2) is 84.9 Å². The Morgan fingerprint density at radius 1 is 0.867 bits per heavy atom. The summed E-state index contributed by atoms with van der Waals surface area (Å²) in [7, 11) is 1.31. The predicted molar refractivity (Wildman–Crippen MR) is 115 cm³/mol. The normalized spacial score (nSPS) is 11.4. The Balaban J connectivity index is 1.61. The first-order chi connectivity index (χ1) is 14.7. The first-order valence-corrected chi connectivity index (χ1v) is 9.85. The Kier molecular flexibility index (Phi) is 7.61. The lowest BCUT2D eigenvalue weighted by Crippen LogP contribution is -2.43. The number of rotatable bonds is 9. The molecule has 0 aromatic heterocycles. The fourth-order valence-electron chi connectivity index (χ4n) is 3.09. The Bertz CT molecular complexity index is 957. The van der Waals surface area contributed by atoms with Crippen molar-refractivity contribution in [1.29, 1.82) is 0 Å². The summed E-state index contributed by atoms with van der Waals surface area (Å²) in [4.78, 5) is 24.9. The van der Waals surface area contributed by atoms with Gasteiger partial charge in [0.15, 0.2) is 0 Å². The van der Waals surface area contributed by atoms with Gasteiger partial charge >= 0.3 is 5.97 Å². The van der Waals surface area contributed by atoms with Crippen LogP contribution in [-0.2, 0) is 22.4 Å². The van der Waals surface area contributed by atoms with E-state index in [1.165, 1.54) is 12.7 Å². The van der Waals surface area contributed by atoms with Crippen molar-refractivity contribution < 1.29 is 19.1 Å². The number of ether oxygens (including phenoxy) is 2. The van der Waals surface area contributed by atoms with Crippen molar-refractivity contribution in [2.45, 2.75) is 18.9 Å². The smallest absolute Gasteiger partial charge is 0.328 e. The number of hydrogen-bond donors (Lipinski definition) is 1. The number of amides is 1. The van der Waals surface area contributed by atoms with Gasteiger partial charge in [0.25, 0.3) is 5.91 Å². The topological polar surface area (TPSA) is 64.6 Å². The fourth-order valence-corrected chi connectivity index (χ4v) is 3.09. The monoisotopic (exact) mass is 403 g/mol. The molecule has 0 aliphatic carbocycles. The van der Waals surface area contributed by atoms with E-state index in [1.54, 1.807) is 18.2 Å². The van der Waals surface area contributed by atoms with Crippen LogP contribution in [0.3, 0.4) is 0 Å². The number of esters is 1. The molecule has 5 nitrogen and oxygen atoms in total. The lowest BCUT2D eigenvalue weighted by atomic mass is 10.1. The minimum Gasteiger partial charge on any atom is -0.493 e. The van der Waals surface area contributed by atoms with Crippen molar-refractivity contribution in [3.05, 3.63) is 102 Å². The SMILES string of the molecule is COC(=O)C(Cc1ccccc1)NC(=O)c1cccc(OCCc2ccccc2)c1. The van der Waals surface area contributed by atoms with Gasteiger partial charge in [-0.25, -0.2) is 4.79 Å². The third-order valence-electron chi connectivity index (χ3n) is 4.67. The van der Waals surface area contributed by atoms with Gasteiger partial charge in [-0.15, -0.1) is 0 Å². The summed E-state index contributed by atoms with van der Waals surface area (Å²) in [6.45, 7) is 0.508. The molecule has 0 saturated carbocycles. The molecule has 30 heavy (non-hydrogen) atoms. The van der Waals surface area contributed by atoms with Crippen LogP contribution < -0.4 is 10.1 Å². The van der Waals surface area contributed by atoms with Crippen molar-refractivity contribution in [1.82, 2.24) is 5.32 Å². The number of hydrogen-bond acceptors (Lipinski definition) is 4. The zero-order valence-electron chi connectivity index (χ0n) is 16.9. The van der Waals surface area contributed by atoms with Gasteiger partial charge in [-0.1, -0.05) is 66.7 Å². The summed E-state index contributed by atoms with van der Waals surface area (Å²) < 4.78 is 10.7. The third kappa shape index (κ3) is 6.21. The standard InChI is InChI=1S/C25H25NO4/c1-29-25(28)23(17-20-11-6-3-7-12-20)26-24(27)21-13-8-14-22(18-21)30-16-15-19-9-4-2-5-10-19/h2-14,18,23H,15-17H2,1H3,(H,26,27). The van der Waals surface area contributed by atoms with Gasteiger partial charge in [0.2, 0.25) is 0 Å². The molecule has 0 spiro atoms. The van der Waals surface area contributed by atoms with Gasteiger partial charge in [0.05, 0.1) is 13.7 Å². The maximum Gasteiger partial charge on any atom is 0.328 e. The minimum atomic E-state index is -0.771. The highest BCUT2D eigenvalue weighted by molar-refractivity contribution is 5.97. The fraction of sp³-hybridized carbons (Fsp3) is 0.200. The van der Waals surface area contributed by atoms with Crippen molar-refractivity contribution in [2.24, 2.45) is 0 Å². The average molecular weight is 403 g/mol. The van der Waals surface area contributed by atoms with E-state index in [4.69, 9.17) is 9.47 Å². The molecule has 3 rings (SSSR count). The molecule has 154 valence electrons. The van der Waals surface area contributed by atoms with E-state index < -0.39 is 12.0 Å².